The lowest BCUT2D eigenvalue weighted by Gasteiger charge is -2.20. The van der Waals surface area contributed by atoms with Crippen molar-refractivity contribution in [1.82, 2.24) is 0 Å². The van der Waals surface area contributed by atoms with E-state index in [-0.39, 0.29) is 17.3 Å². The molecule has 0 unspecified atom stereocenters. The fourth-order valence-corrected chi connectivity index (χ4v) is 2.84. The molecule has 0 bridgehead atoms. The Labute approximate surface area is 161 Å². The lowest BCUT2D eigenvalue weighted by atomic mass is 10.1. The van der Waals surface area contributed by atoms with Gasteiger partial charge in [0, 0.05) is 24.3 Å². The molecule has 28 heavy (non-hydrogen) atoms. The molecule has 0 saturated heterocycles. The minimum Gasteiger partial charge on any atom is -0.435 e. The predicted molar refractivity (Wildman–Crippen MR) is 104 cm³/mol. The normalized spacial score (nSPS) is 15.0. The van der Waals surface area contributed by atoms with Crippen LogP contribution >= 0.6 is 0 Å². The number of benzene rings is 2. The number of hydrogen-bond donors (Lipinski definition) is 0. The first-order valence-electron chi connectivity index (χ1n) is 8.93. The van der Waals surface area contributed by atoms with Crippen LogP contribution in [0, 0.1) is 0 Å². The second-order valence-electron chi connectivity index (χ2n) is 6.00. The zero-order chi connectivity index (χ0) is 20.1. The summed E-state index contributed by atoms with van der Waals surface area (Å²) in [5, 5.41) is 0. The third-order valence-electron chi connectivity index (χ3n) is 4.27. The minimum absolute atomic E-state index is 0.0210. The molecule has 0 radical (unpaired) electrons. The van der Waals surface area contributed by atoms with E-state index < -0.39 is 12.6 Å². The highest BCUT2D eigenvalue weighted by molar-refractivity contribution is 6.12. The van der Waals surface area contributed by atoms with Gasteiger partial charge in [-0.3, -0.25) is 0 Å². The fraction of sp³-hybridized carbons (Fsp3) is 0.238. The fourth-order valence-electron chi connectivity index (χ4n) is 2.84. The van der Waals surface area contributed by atoms with Gasteiger partial charge in [0.1, 0.15) is 5.75 Å². The molecule has 0 amide bonds. The van der Waals surface area contributed by atoms with Crippen molar-refractivity contribution in [3.8, 4) is 5.75 Å². The van der Waals surface area contributed by atoms with Gasteiger partial charge in [-0.05, 0) is 61.9 Å². The number of ether oxygens (including phenoxy) is 2. The first-order chi connectivity index (χ1) is 13.5. The van der Waals surface area contributed by atoms with Gasteiger partial charge in [0.05, 0.1) is 0 Å². The number of hydrogen-bond acceptors (Lipinski definition) is 5. The molecular formula is C21H20F2N2O3. The summed E-state index contributed by atoms with van der Waals surface area (Å²) in [5.74, 6) is -0.414. The van der Waals surface area contributed by atoms with Crippen LogP contribution in [0.5, 0.6) is 5.75 Å². The topological polar surface area (TPSA) is 51.1 Å². The van der Waals surface area contributed by atoms with E-state index in [4.69, 9.17) is 4.74 Å². The van der Waals surface area contributed by atoms with Crippen molar-refractivity contribution in [3.63, 3.8) is 0 Å². The summed E-state index contributed by atoms with van der Waals surface area (Å²) in [5.41, 5.74) is 2.61. The number of carbonyl (C=O) groups is 1. The van der Waals surface area contributed by atoms with E-state index in [1.54, 1.807) is 6.08 Å². The molecule has 3 rings (SSSR count). The van der Waals surface area contributed by atoms with Crippen molar-refractivity contribution < 1.29 is 23.0 Å². The van der Waals surface area contributed by atoms with Gasteiger partial charge >= 0.3 is 12.6 Å². The minimum atomic E-state index is -2.89. The first-order valence-corrected chi connectivity index (χ1v) is 8.93. The van der Waals surface area contributed by atoms with Gasteiger partial charge < -0.3 is 14.4 Å². The molecule has 0 aliphatic carbocycles. The van der Waals surface area contributed by atoms with E-state index in [0.29, 0.717) is 5.56 Å². The van der Waals surface area contributed by atoms with Gasteiger partial charge in [-0.15, -0.1) is 0 Å². The highest BCUT2D eigenvalue weighted by Crippen LogP contribution is 2.22. The molecule has 146 valence electrons. The van der Waals surface area contributed by atoms with Crippen molar-refractivity contribution in [2.24, 2.45) is 4.99 Å². The van der Waals surface area contributed by atoms with Crippen LogP contribution in [0.25, 0.3) is 6.08 Å². The summed E-state index contributed by atoms with van der Waals surface area (Å²) in [7, 11) is 0. The number of anilines is 1. The molecule has 0 spiro atoms. The van der Waals surface area contributed by atoms with E-state index in [2.05, 4.69) is 28.5 Å². The summed E-state index contributed by atoms with van der Waals surface area (Å²) in [4.78, 5) is 18.5. The number of rotatable bonds is 7. The molecule has 2 aromatic carbocycles. The van der Waals surface area contributed by atoms with E-state index >= 15 is 0 Å². The van der Waals surface area contributed by atoms with Crippen LogP contribution in [0.15, 0.2) is 59.2 Å². The molecule has 0 saturated carbocycles. The predicted octanol–water partition coefficient (Wildman–Crippen LogP) is 4.48. The van der Waals surface area contributed by atoms with Gasteiger partial charge in [-0.1, -0.05) is 12.1 Å². The SMILES string of the molecule is CCN(CC)c1ccc(/C=C2\N=C(c3ccc(OC(F)F)cc3)OC2=O)cc1. The quantitative estimate of drug-likeness (QED) is 0.520. The van der Waals surface area contributed by atoms with Gasteiger partial charge in [0.2, 0.25) is 5.90 Å². The third-order valence-corrected chi connectivity index (χ3v) is 4.27. The maximum atomic E-state index is 12.2. The highest BCUT2D eigenvalue weighted by Gasteiger charge is 2.24. The van der Waals surface area contributed by atoms with Crippen molar-refractivity contribution >= 4 is 23.6 Å². The lowest BCUT2D eigenvalue weighted by molar-refractivity contribution is -0.129. The Morgan fingerprint density at radius 1 is 1.07 bits per heavy atom. The number of carbonyl (C=O) groups excluding carboxylic acids is 1. The smallest absolute Gasteiger partial charge is 0.387 e. The van der Waals surface area contributed by atoms with Crippen molar-refractivity contribution in [3.05, 3.63) is 65.4 Å². The Hall–Kier alpha value is -3.22. The van der Waals surface area contributed by atoms with Crippen LogP contribution in [0.4, 0.5) is 14.5 Å². The Kier molecular flexibility index (Phi) is 6.03. The van der Waals surface area contributed by atoms with Gasteiger partial charge in [-0.2, -0.15) is 8.78 Å². The lowest BCUT2D eigenvalue weighted by Crippen LogP contribution is -2.21. The van der Waals surface area contributed by atoms with Gasteiger partial charge in [0.25, 0.3) is 0 Å². The van der Waals surface area contributed by atoms with Crippen molar-refractivity contribution in [1.29, 1.82) is 0 Å². The van der Waals surface area contributed by atoms with Crippen LogP contribution in [-0.2, 0) is 9.53 Å². The number of nitrogens with zero attached hydrogens (tertiary/aromatic N) is 2. The van der Waals surface area contributed by atoms with E-state index in [1.807, 2.05) is 24.3 Å². The number of esters is 1. The Balaban J connectivity index is 1.77. The molecule has 7 heteroatoms. The molecule has 1 aliphatic heterocycles. The number of aliphatic imine (C=N–C) groups is 1. The van der Waals surface area contributed by atoms with E-state index in [9.17, 15) is 13.6 Å². The van der Waals surface area contributed by atoms with Crippen molar-refractivity contribution in [2.75, 3.05) is 18.0 Å². The van der Waals surface area contributed by atoms with Crippen LogP contribution in [0.2, 0.25) is 0 Å². The zero-order valence-corrected chi connectivity index (χ0v) is 15.6. The number of alkyl halides is 2. The molecule has 0 aromatic heterocycles. The second-order valence-corrected chi connectivity index (χ2v) is 6.00. The molecule has 0 fully saturated rings. The molecule has 1 aliphatic rings. The molecule has 1 heterocycles. The molecule has 2 aromatic rings. The Morgan fingerprint density at radius 3 is 2.29 bits per heavy atom. The summed E-state index contributed by atoms with van der Waals surface area (Å²) < 4.78 is 33.9. The summed E-state index contributed by atoms with van der Waals surface area (Å²) in [6.45, 7) is 3.12. The van der Waals surface area contributed by atoms with Crippen LogP contribution in [-0.4, -0.2) is 31.6 Å². The first kappa shape index (κ1) is 19.5. The average molecular weight is 386 g/mol. The van der Waals surface area contributed by atoms with Crippen molar-refractivity contribution in [2.45, 2.75) is 20.5 Å². The largest absolute Gasteiger partial charge is 0.435 e. The number of halogens is 2. The third kappa shape index (κ3) is 4.54. The van der Waals surface area contributed by atoms with E-state index in [0.717, 1.165) is 24.3 Å². The summed E-state index contributed by atoms with van der Waals surface area (Å²) >= 11 is 0. The molecule has 5 nitrogen and oxygen atoms in total. The van der Waals surface area contributed by atoms with Gasteiger partial charge in [-0.25, -0.2) is 9.79 Å². The van der Waals surface area contributed by atoms with Gasteiger partial charge in [0.15, 0.2) is 5.70 Å². The van der Waals surface area contributed by atoms with E-state index in [1.165, 1.54) is 24.3 Å². The zero-order valence-electron chi connectivity index (χ0n) is 15.6. The molecule has 0 atom stereocenters. The maximum Gasteiger partial charge on any atom is 0.387 e. The second kappa shape index (κ2) is 8.65. The monoisotopic (exact) mass is 386 g/mol. The molecule has 0 N–H and O–H groups in total. The van der Waals surface area contributed by atoms with Crippen LogP contribution in [0.1, 0.15) is 25.0 Å². The molecular weight excluding hydrogens is 366 g/mol. The average Bonchev–Trinajstić information content (AvgIpc) is 3.04. The maximum absolute atomic E-state index is 12.2. The highest BCUT2D eigenvalue weighted by atomic mass is 19.3. The Morgan fingerprint density at radius 2 is 1.71 bits per heavy atom. The number of cyclic esters (lactones) is 1. The summed E-state index contributed by atoms with van der Waals surface area (Å²) in [6.07, 6.45) is 1.65. The standard InChI is InChI=1S/C21H20F2N2O3/c1-3-25(4-2)16-9-5-14(6-10-16)13-18-20(26)28-19(24-18)15-7-11-17(12-8-15)27-21(22)23/h5-13,21H,3-4H2,1-2H3/b18-13-. The Bertz CT molecular complexity index is 887. The summed E-state index contributed by atoms with van der Waals surface area (Å²) in [6, 6.07) is 13.6. The van der Waals surface area contributed by atoms with Crippen LogP contribution < -0.4 is 9.64 Å². The van der Waals surface area contributed by atoms with Crippen LogP contribution in [0.3, 0.4) is 0 Å².